The van der Waals surface area contributed by atoms with Crippen LogP contribution in [0.1, 0.15) is 51.4 Å². The number of allylic oxidation sites excluding steroid dienone is 1. The first-order valence-corrected chi connectivity index (χ1v) is 14.8. The molecule has 13 nitrogen and oxygen atoms in total. The van der Waals surface area contributed by atoms with Crippen molar-refractivity contribution in [3.63, 3.8) is 0 Å². The molecule has 0 spiro atoms. The van der Waals surface area contributed by atoms with Gasteiger partial charge in [0.1, 0.15) is 17.3 Å². The number of nitrogens with two attached hydrogens (primary N) is 1. The lowest BCUT2D eigenvalue weighted by Gasteiger charge is -2.29. The Morgan fingerprint density at radius 3 is 2.70 bits per heavy atom. The largest absolute Gasteiger partial charge is 0.497 e. The fraction of sp³-hybridized carbons (Fsp3) is 0.538. The van der Waals surface area contributed by atoms with Gasteiger partial charge in [-0.25, -0.2) is 9.52 Å². The Labute approximate surface area is 233 Å². The molecule has 3 aliphatic rings. The van der Waals surface area contributed by atoms with Gasteiger partial charge in [-0.15, -0.1) is 0 Å². The van der Waals surface area contributed by atoms with Gasteiger partial charge in [0.05, 0.1) is 12.8 Å². The molecule has 4 unspecified atom stereocenters. The van der Waals surface area contributed by atoms with E-state index in [1.807, 2.05) is 16.9 Å². The Balaban J connectivity index is 1.54. The maximum atomic E-state index is 13.5. The summed E-state index contributed by atoms with van der Waals surface area (Å²) in [6.45, 7) is 0.275. The molecule has 1 aliphatic carbocycles. The van der Waals surface area contributed by atoms with Crippen molar-refractivity contribution in [2.24, 2.45) is 11.7 Å². The molecule has 4 rings (SSSR count). The minimum absolute atomic E-state index is 0.184. The molecule has 4 amide bonds. The molecule has 14 heteroatoms. The normalized spacial score (nSPS) is 28.0. The van der Waals surface area contributed by atoms with Crippen LogP contribution in [0, 0.1) is 5.92 Å². The molecule has 0 radical (unpaired) electrons. The van der Waals surface area contributed by atoms with E-state index in [1.54, 1.807) is 12.1 Å². The number of hydrogen-bond donors (Lipinski definition) is 4. The van der Waals surface area contributed by atoms with E-state index in [1.165, 1.54) is 24.1 Å². The van der Waals surface area contributed by atoms with Crippen molar-refractivity contribution in [3.8, 4) is 5.75 Å². The van der Waals surface area contributed by atoms with E-state index < -0.39 is 57.6 Å². The highest BCUT2D eigenvalue weighted by Crippen LogP contribution is 2.45. The smallest absolute Gasteiger partial charge is 0.405 e. The highest BCUT2D eigenvalue weighted by atomic mass is 32.2. The lowest BCUT2D eigenvalue weighted by molar-refractivity contribution is -0.146. The average Bonchev–Trinajstić information content (AvgIpc) is 3.36. The standard InChI is InChI=1S/C26H35N5O8S/c1-38-19-11-7-10-18(15-19)29-40(36,37)30-24(34)26-16-17(26)9-5-3-2-4-6-13-21(39-25(27)35)23(33)31-14-8-12-20(31)22(32)28-26/h5,7,9-11,15,17,20-21,29H,2-4,6,8,12-14,16H2,1H3,(H2,27,35)(H,28,32)(H,30,34)/b9-5+. The lowest BCUT2D eigenvalue weighted by Crippen LogP contribution is -2.57. The van der Waals surface area contributed by atoms with Gasteiger partial charge in [-0.05, 0) is 57.1 Å². The highest BCUT2D eigenvalue weighted by molar-refractivity contribution is 7.91. The maximum Gasteiger partial charge on any atom is 0.405 e. The van der Waals surface area contributed by atoms with Crippen molar-refractivity contribution in [1.82, 2.24) is 14.9 Å². The monoisotopic (exact) mass is 577 g/mol. The van der Waals surface area contributed by atoms with Crippen molar-refractivity contribution in [2.45, 2.75) is 69.1 Å². The van der Waals surface area contributed by atoms with Crippen molar-refractivity contribution >= 4 is 39.7 Å². The van der Waals surface area contributed by atoms with Gasteiger partial charge in [0, 0.05) is 18.5 Å². The molecule has 1 saturated heterocycles. The summed E-state index contributed by atoms with van der Waals surface area (Å²) in [5.41, 5.74) is 3.88. The van der Waals surface area contributed by atoms with Crippen molar-refractivity contribution in [2.75, 3.05) is 18.4 Å². The number of benzene rings is 1. The van der Waals surface area contributed by atoms with Gasteiger partial charge in [0.15, 0.2) is 6.10 Å². The number of nitrogens with one attached hydrogen (secondary N) is 3. The molecule has 2 fully saturated rings. The zero-order valence-electron chi connectivity index (χ0n) is 22.3. The molecule has 1 aromatic carbocycles. The summed E-state index contributed by atoms with van der Waals surface area (Å²) in [6.07, 6.45) is 5.76. The maximum absolute atomic E-state index is 13.5. The predicted molar refractivity (Wildman–Crippen MR) is 144 cm³/mol. The van der Waals surface area contributed by atoms with Gasteiger partial charge in [-0.1, -0.05) is 24.6 Å². The molecule has 218 valence electrons. The number of rotatable bonds is 6. The zero-order chi connectivity index (χ0) is 28.9. The lowest BCUT2D eigenvalue weighted by atomic mass is 10.1. The number of carbonyl (C=O) groups excluding carboxylic acids is 4. The number of amides is 4. The number of anilines is 1. The van der Waals surface area contributed by atoms with Crippen LogP contribution in [-0.4, -0.2) is 68.5 Å². The quantitative estimate of drug-likeness (QED) is 0.365. The van der Waals surface area contributed by atoms with Crippen LogP contribution in [0.15, 0.2) is 36.4 Å². The van der Waals surface area contributed by atoms with Crippen molar-refractivity contribution < 1.29 is 37.1 Å². The first-order valence-electron chi connectivity index (χ1n) is 13.3. The number of ether oxygens (including phenoxy) is 2. The number of fused-ring (bicyclic) bond motifs is 2. The SMILES string of the molecule is COc1cccc(NS(=O)(=O)NC(=O)C23CC2/C=C/CCCCCC(OC(N)=O)C(=O)N2CCCC2C(=O)N3)c1. The van der Waals surface area contributed by atoms with Crippen LogP contribution in [0.25, 0.3) is 0 Å². The number of carbonyl (C=O) groups is 4. The summed E-state index contributed by atoms with van der Waals surface area (Å²) in [7, 11) is -2.91. The fourth-order valence-electron chi connectivity index (χ4n) is 5.26. The second-order valence-corrected chi connectivity index (χ2v) is 11.6. The minimum atomic E-state index is -4.35. The molecular formula is C26H35N5O8S. The number of nitrogens with zero attached hydrogens (tertiary/aromatic N) is 1. The topological polar surface area (TPSA) is 186 Å². The van der Waals surface area contributed by atoms with Crippen LogP contribution < -0.4 is 25.2 Å². The number of hydrogen-bond acceptors (Lipinski definition) is 8. The zero-order valence-corrected chi connectivity index (χ0v) is 23.1. The molecule has 0 aromatic heterocycles. The first kappa shape index (κ1) is 29.2. The van der Waals surface area contributed by atoms with E-state index >= 15 is 0 Å². The summed E-state index contributed by atoms with van der Waals surface area (Å²) in [5.74, 6) is -1.99. The van der Waals surface area contributed by atoms with Gasteiger partial charge < -0.3 is 25.4 Å². The van der Waals surface area contributed by atoms with Gasteiger partial charge in [-0.3, -0.25) is 19.1 Å². The van der Waals surface area contributed by atoms with E-state index in [-0.39, 0.29) is 25.1 Å². The van der Waals surface area contributed by atoms with Crippen LogP contribution in [0.3, 0.4) is 0 Å². The first-order chi connectivity index (χ1) is 19.0. The third-order valence-corrected chi connectivity index (χ3v) is 8.35. The van der Waals surface area contributed by atoms with Gasteiger partial charge in [-0.2, -0.15) is 8.42 Å². The summed E-state index contributed by atoms with van der Waals surface area (Å²) >= 11 is 0. The molecule has 1 aromatic rings. The van der Waals surface area contributed by atoms with Crippen molar-refractivity contribution in [3.05, 3.63) is 36.4 Å². The van der Waals surface area contributed by atoms with Gasteiger partial charge in [0.25, 0.3) is 11.8 Å². The second-order valence-electron chi connectivity index (χ2n) is 10.2. The molecule has 4 atom stereocenters. The minimum Gasteiger partial charge on any atom is -0.497 e. The Morgan fingerprint density at radius 1 is 1.15 bits per heavy atom. The van der Waals surface area contributed by atoms with E-state index in [0.717, 1.165) is 12.8 Å². The van der Waals surface area contributed by atoms with E-state index in [4.69, 9.17) is 15.2 Å². The molecular weight excluding hydrogens is 542 g/mol. The Kier molecular flexibility index (Phi) is 8.86. The third kappa shape index (κ3) is 6.84. The van der Waals surface area contributed by atoms with Gasteiger partial charge in [0.2, 0.25) is 5.91 Å². The fourth-order valence-corrected chi connectivity index (χ4v) is 6.17. The summed E-state index contributed by atoms with van der Waals surface area (Å²) in [5, 5.41) is 2.75. The molecule has 40 heavy (non-hydrogen) atoms. The predicted octanol–water partition coefficient (Wildman–Crippen LogP) is 1.32. The molecule has 5 N–H and O–H groups in total. The van der Waals surface area contributed by atoms with Crippen LogP contribution in [-0.2, 0) is 29.3 Å². The molecule has 2 heterocycles. The van der Waals surface area contributed by atoms with Crippen molar-refractivity contribution in [1.29, 1.82) is 0 Å². The van der Waals surface area contributed by atoms with Crippen LogP contribution in [0.2, 0.25) is 0 Å². The van der Waals surface area contributed by atoms with E-state index in [0.29, 0.717) is 31.4 Å². The highest BCUT2D eigenvalue weighted by Gasteiger charge is 2.61. The van der Waals surface area contributed by atoms with Crippen LogP contribution in [0.4, 0.5) is 10.5 Å². The average molecular weight is 578 g/mol. The Morgan fingerprint density at radius 2 is 1.95 bits per heavy atom. The van der Waals surface area contributed by atoms with Crippen LogP contribution in [0.5, 0.6) is 5.75 Å². The number of methoxy groups -OCH3 is 1. The van der Waals surface area contributed by atoms with E-state index in [9.17, 15) is 27.6 Å². The molecule has 0 bridgehead atoms. The second kappa shape index (κ2) is 12.1. The Hall–Kier alpha value is -3.81. The summed E-state index contributed by atoms with van der Waals surface area (Å²) in [4.78, 5) is 53.0. The van der Waals surface area contributed by atoms with E-state index in [2.05, 4.69) is 10.0 Å². The number of primary amides is 1. The summed E-state index contributed by atoms with van der Waals surface area (Å²) < 4.78 is 40.2. The molecule has 2 aliphatic heterocycles. The summed E-state index contributed by atoms with van der Waals surface area (Å²) in [6, 6.07) is 5.28. The third-order valence-electron chi connectivity index (χ3n) is 7.39. The Bertz CT molecular complexity index is 1290. The van der Waals surface area contributed by atoms with Crippen LogP contribution >= 0.6 is 0 Å². The van der Waals surface area contributed by atoms with Gasteiger partial charge >= 0.3 is 16.3 Å². The molecule has 1 saturated carbocycles.